The third-order valence-electron chi connectivity index (χ3n) is 2.24. The SMILES string of the molecule is [2H]B(C)OC[C@H]1OC(OC)[C@H](O)[C@@H]1OB([2H])C. The zero-order valence-corrected chi connectivity index (χ0v) is 9.25. The second kappa shape index (κ2) is 6.50. The van der Waals surface area contributed by atoms with Gasteiger partial charge in [-0.15, -0.1) is 0 Å². The third kappa shape index (κ3) is 3.19. The molecule has 0 aromatic rings. The number of methoxy groups -OCH3 is 1. The summed E-state index contributed by atoms with van der Waals surface area (Å²) in [5.74, 6) is 0. The number of aliphatic hydroxyl groups is 1. The van der Waals surface area contributed by atoms with Crippen molar-refractivity contribution in [2.75, 3.05) is 13.7 Å². The fourth-order valence-corrected chi connectivity index (χ4v) is 1.55. The van der Waals surface area contributed by atoms with Crippen molar-refractivity contribution in [2.45, 2.75) is 38.2 Å². The normalized spacial score (nSPS) is 37.3. The monoisotopic (exact) mass is 218 g/mol. The molecule has 7 heteroatoms. The number of hydrogen-bond donors (Lipinski definition) is 1. The van der Waals surface area contributed by atoms with Gasteiger partial charge in [-0.1, -0.05) is 13.6 Å². The van der Waals surface area contributed by atoms with Crippen molar-refractivity contribution in [3.63, 3.8) is 0 Å². The molecule has 0 aromatic heterocycles. The Morgan fingerprint density at radius 2 is 2.20 bits per heavy atom. The van der Waals surface area contributed by atoms with Crippen LogP contribution in [0, 0.1) is 0 Å². The zero-order chi connectivity index (χ0) is 13.0. The minimum atomic E-state index is -0.956. The van der Waals surface area contributed by atoms with E-state index in [0.29, 0.717) is 0 Å². The van der Waals surface area contributed by atoms with E-state index >= 15 is 0 Å². The lowest BCUT2D eigenvalue weighted by molar-refractivity contribution is -0.152. The largest absolute Gasteiger partial charge is 0.437 e. The van der Waals surface area contributed by atoms with E-state index in [1.54, 1.807) is 13.6 Å². The third-order valence-corrected chi connectivity index (χ3v) is 2.24. The zero-order valence-electron chi connectivity index (χ0n) is 11.3. The van der Waals surface area contributed by atoms with Crippen molar-refractivity contribution in [3.8, 4) is 0 Å². The molecule has 86 valence electrons. The van der Waals surface area contributed by atoms with Gasteiger partial charge in [0.1, 0.15) is 12.2 Å². The van der Waals surface area contributed by atoms with Crippen LogP contribution in [0.2, 0.25) is 13.6 Å². The van der Waals surface area contributed by atoms with Crippen LogP contribution in [0.15, 0.2) is 0 Å². The van der Waals surface area contributed by atoms with Crippen LogP contribution in [0.25, 0.3) is 0 Å². The lowest BCUT2D eigenvalue weighted by atomic mass is 10.0. The lowest BCUT2D eigenvalue weighted by Gasteiger charge is -2.19. The van der Waals surface area contributed by atoms with E-state index < -0.39 is 39.5 Å². The maximum atomic E-state index is 9.87. The maximum absolute atomic E-state index is 9.87. The summed E-state index contributed by atoms with van der Waals surface area (Å²) in [6.07, 6.45) is -2.95. The predicted molar refractivity (Wildman–Crippen MR) is 58.5 cm³/mol. The molecule has 0 bridgehead atoms. The van der Waals surface area contributed by atoms with Gasteiger partial charge in [0.15, 0.2) is 6.29 Å². The predicted octanol–water partition coefficient (Wildman–Crippen LogP) is -1.08. The van der Waals surface area contributed by atoms with Gasteiger partial charge in [0.05, 0.1) is 12.7 Å². The average molecular weight is 218 g/mol. The number of rotatable bonds is 6. The second-order valence-electron chi connectivity index (χ2n) is 3.17. The summed E-state index contributed by atoms with van der Waals surface area (Å²) < 4.78 is 35.3. The molecule has 0 spiro atoms. The first-order valence-electron chi connectivity index (χ1n) is 6.09. The van der Waals surface area contributed by atoms with Gasteiger partial charge in [0, 0.05) is 9.78 Å². The molecule has 1 rings (SSSR count). The van der Waals surface area contributed by atoms with E-state index in [4.69, 9.17) is 21.5 Å². The molecule has 1 aliphatic heterocycles. The minimum Gasteiger partial charge on any atom is -0.437 e. The van der Waals surface area contributed by atoms with Crippen LogP contribution in [-0.2, 0) is 18.8 Å². The van der Waals surface area contributed by atoms with Gasteiger partial charge >= 0.3 is 0 Å². The summed E-state index contributed by atoms with van der Waals surface area (Å²) in [6, 6.07) is 0. The van der Waals surface area contributed by atoms with Crippen molar-refractivity contribution in [2.24, 2.45) is 0 Å². The molecule has 5 nitrogen and oxygen atoms in total. The first kappa shape index (κ1) is 10.1. The van der Waals surface area contributed by atoms with Gasteiger partial charge in [-0.25, -0.2) is 0 Å². The van der Waals surface area contributed by atoms with Crippen molar-refractivity contribution in [1.82, 2.24) is 0 Å². The molecule has 1 unspecified atom stereocenters. The molecule has 1 N–H and O–H groups in total. The van der Waals surface area contributed by atoms with Crippen molar-refractivity contribution < 1.29 is 23.9 Å². The van der Waals surface area contributed by atoms with Crippen LogP contribution >= 0.6 is 0 Å². The van der Waals surface area contributed by atoms with E-state index in [1.165, 1.54) is 7.11 Å². The highest BCUT2D eigenvalue weighted by molar-refractivity contribution is 6.25. The molecule has 1 heterocycles. The fourth-order valence-electron chi connectivity index (χ4n) is 1.55. The Balaban J connectivity index is 2.58. The summed E-state index contributed by atoms with van der Waals surface area (Å²) in [5, 5.41) is 9.87. The number of ether oxygens (including phenoxy) is 2. The van der Waals surface area contributed by atoms with E-state index in [0.717, 1.165) is 0 Å². The highest BCUT2D eigenvalue weighted by atomic mass is 16.7. The summed E-state index contributed by atoms with van der Waals surface area (Å²) in [4.78, 5) is 0. The minimum absolute atomic E-state index is 0.124. The van der Waals surface area contributed by atoms with E-state index in [2.05, 4.69) is 0 Å². The molecule has 0 aromatic carbocycles. The Hall–Kier alpha value is -0.0701. The van der Waals surface area contributed by atoms with Crippen LogP contribution in [-0.4, -0.2) is 61.0 Å². The Morgan fingerprint density at radius 3 is 2.73 bits per heavy atom. The average Bonchev–Trinajstić information content (AvgIpc) is 2.53. The summed E-state index contributed by atoms with van der Waals surface area (Å²) in [7, 11) is -0.0259. The first-order chi connectivity index (χ1) is 7.95. The Labute approximate surface area is 94.3 Å². The lowest BCUT2D eigenvalue weighted by Crippen LogP contribution is -2.38. The molecule has 1 saturated heterocycles. The van der Waals surface area contributed by atoms with Crippen LogP contribution in [0.3, 0.4) is 0 Å². The van der Waals surface area contributed by atoms with E-state index in [-0.39, 0.29) is 6.61 Å². The molecule has 15 heavy (non-hydrogen) atoms. The van der Waals surface area contributed by atoms with Crippen LogP contribution < -0.4 is 0 Å². The topological polar surface area (TPSA) is 57.2 Å². The molecular weight excluding hydrogens is 198 g/mol. The van der Waals surface area contributed by atoms with Gasteiger partial charge in [0.25, 0.3) is 14.9 Å². The Morgan fingerprint density at radius 1 is 1.47 bits per heavy atom. The fraction of sp³-hybridized carbons (Fsp3) is 1.00. The summed E-state index contributed by atoms with van der Waals surface area (Å²) in [5.41, 5.74) is 0. The standard InChI is InChI=1S/C8H18B2O5/c1-9-13-4-5-7(15-10-2)6(11)8(12-3)14-5/h5-11H,4H2,1-3H3/t5-,6-,7-,8?/m1/s1/i9D,10D. The molecule has 1 fully saturated rings. The van der Waals surface area contributed by atoms with Gasteiger partial charge < -0.3 is 23.9 Å². The first-order valence-corrected chi connectivity index (χ1v) is 4.93. The van der Waals surface area contributed by atoms with Gasteiger partial charge in [0.2, 0.25) is 0 Å². The Kier molecular flexibility index (Phi) is 4.38. The smallest absolute Gasteiger partial charge is 0.272 e. The highest BCUT2D eigenvalue weighted by Gasteiger charge is 2.44. The van der Waals surface area contributed by atoms with Crippen molar-refractivity contribution >= 4 is 14.9 Å². The molecular formula is C8H18B2O5. The Bertz CT molecular complexity index is 234. The molecule has 1 aliphatic rings. The van der Waals surface area contributed by atoms with Crippen LogP contribution in [0.1, 0.15) is 0 Å². The molecule has 0 radical (unpaired) electrons. The summed E-state index contributed by atoms with van der Waals surface area (Å²) >= 11 is 0. The van der Waals surface area contributed by atoms with Gasteiger partial charge in [-0.05, 0) is 0 Å². The van der Waals surface area contributed by atoms with Crippen LogP contribution in [0.5, 0.6) is 0 Å². The van der Waals surface area contributed by atoms with E-state index in [1.807, 2.05) is 0 Å². The highest BCUT2D eigenvalue weighted by Crippen LogP contribution is 2.24. The molecule has 0 aliphatic carbocycles. The second-order valence-corrected chi connectivity index (χ2v) is 3.17. The van der Waals surface area contributed by atoms with E-state index in [9.17, 15) is 5.11 Å². The van der Waals surface area contributed by atoms with Crippen molar-refractivity contribution in [3.05, 3.63) is 0 Å². The molecule has 4 atom stereocenters. The van der Waals surface area contributed by atoms with Crippen molar-refractivity contribution in [1.29, 1.82) is 2.67 Å². The van der Waals surface area contributed by atoms with Gasteiger partial charge in [-0.2, -0.15) is 0 Å². The summed E-state index contributed by atoms with van der Waals surface area (Å²) in [6.45, 7) is 3.26. The molecule has 0 saturated carbocycles. The van der Waals surface area contributed by atoms with Gasteiger partial charge in [-0.3, -0.25) is 0 Å². The quantitative estimate of drug-likeness (QED) is 0.574. The number of hydrogen-bond acceptors (Lipinski definition) is 5. The maximum Gasteiger partial charge on any atom is 0.272 e. The van der Waals surface area contributed by atoms with Crippen LogP contribution in [0.4, 0.5) is 0 Å². The molecule has 0 amide bonds. The number of aliphatic hydroxyl groups excluding tert-OH is 1.